The minimum atomic E-state index is -0.874. The van der Waals surface area contributed by atoms with Crippen LogP contribution in [-0.2, 0) is 0 Å². The first-order valence-corrected chi connectivity index (χ1v) is 4.39. The minimum absolute atomic E-state index is 0.244. The molecule has 0 saturated carbocycles. The van der Waals surface area contributed by atoms with E-state index >= 15 is 0 Å². The fourth-order valence-corrected chi connectivity index (χ4v) is 1.08. The van der Waals surface area contributed by atoms with Gasteiger partial charge in [-0.3, -0.25) is 4.79 Å². The molecule has 13 heavy (non-hydrogen) atoms. The van der Waals surface area contributed by atoms with Gasteiger partial charge in [0.15, 0.2) is 5.69 Å². The summed E-state index contributed by atoms with van der Waals surface area (Å²) in [6.45, 7) is 3.23. The van der Waals surface area contributed by atoms with Crippen LogP contribution in [0.5, 0.6) is 0 Å². The quantitative estimate of drug-likeness (QED) is 0.750. The molecule has 1 aromatic rings. The van der Waals surface area contributed by atoms with E-state index < -0.39 is 5.54 Å². The summed E-state index contributed by atoms with van der Waals surface area (Å²) in [6, 6.07) is 1.96. The summed E-state index contributed by atoms with van der Waals surface area (Å²) in [7, 11) is 0. The second-order valence-corrected chi connectivity index (χ2v) is 3.59. The lowest BCUT2D eigenvalue weighted by Gasteiger charge is -2.15. The third-order valence-corrected chi connectivity index (χ3v) is 1.80. The van der Waals surface area contributed by atoms with Gasteiger partial charge in [0.25, 0.3) is 5.91 Å². The number of carbonyl (C=O) groups excluding carboxylic acids is 1. The van der Waals surface area contributed by atoms with E-state index in [2.05, 4.69) is 14.9 Å². The van der Waals surface area contributed by atoms with Gasteiger partial charge >= 0.3 is 0 Å². The molecule has 0 unspecified atom stereocenters. The van der Waals surface area contributed by atoms with Crippen LogP contribution in [-0.4, -0.2) is 21.0 Å². The zero-order valence-corrected chi connectivity index (χ0v) is 8.05. The molecule has 0 radical (unpaired) electrons. The number of rotatable bonds is 2. The SMILES string of the molecule is CC(C)(C#N)NC(=O)c1csnn1. The minimum Gasteiger partial charge on any atom is -0.333 e. The van der Waals surface area contributed by atoms with Crippen LogP contribution in [0.15, 0.2) is 5.38 Å². The zero-order chi connectivity index (χ0) is 9.90. The Hall–Kier alpha value is -1.48. The Kier molecular flexibility index (Phi) is 2.58. The summed E-state index contributed by atoms with van der Waals surface area (Å²) < 4.78 is 3.55. The molecule has 0 aromatic carbocycles. The van der Waals surface area contributed by atoms with Crippen molar-refractivity contribution in [3.05, 3.63) is 11.1 Å². The van der Waals surface area contributed by atoms with Crippen LogP contribution in [0, 0.1) is 11.3 Å². The first-order valence-electron chi connectivity index (χ1n) is 3.56. The number of amides is 1. The van der Waals surface area contributed by atoms with Crippen LogP contribution in [0.3, 0.4) is 0 Å². The van der Waals surface area contributed by atoms with E-state index in [1.807, 2.05) is 6.07 Å². The third-order valence-electron chi connectivity index (χ3n) is 1.30. The first kappa shape index (κ1) is 9.61. The van der Waals surface area contributed by atoms with Gasteiger partial charge in [-0.25, -0.2) is 0 Å². The maximum Gasteiger partial charge on any atom is 0.273 e. The molecule has 5 nitrogen and oxygen atoms in total. The van der Waals surface area contributed by atoms with E-state index in [0.29, 0.717) is 0 Å². The molecule has 0 fully saturated rings. The van der Waals surface area contributed by atoms with E-state index in [0.717, 1.165) is 11.5 Å². The summed E-state index contributed by atoms with van der Waals surface area (Å²) in [5.74, 6) is -0.375. The molecule has 0 atom stereocenters. The van der Waals surface area contributed by atoms with Crippen LogP contribution in [0.25, 0.3) is 0 Å². The Labute approximate surface area is 79.5 Å². The smallest absolute Gasteiger partial charge is 0.273 e. The molecule has 1 amide bonds. The van der Waals surface area contributed by atoms with Crippen molar-refractivity contribution >= 4 is 17.4 Å². The molecule has 1 rings (SSSR count). The lowest BCUT2D eigenvalue weighted by molar-refractivity contribution is 0.0924. The van der Waals surface area contributed by atoms with Crippen LogP contribution >= 0.6 is 11.5 Å². The van der Waals surface area contributed by atoms with Crippen molar-refractivity contribution < 1.29 is 4.79 Å². The summed E-state index contributed by atoms with van der Waals surface area (Å²) >= 11 is 1.10. The van der Waals surface area contributed by atoms with Crippen LogP contribution in [0.2, 0.25) is 0 Å². The molecule has 0 spiro atoms. The maximum absolute atomic E-state index is 11.3. The summed E-state index contributed by atoms with van der Waals surface area (Å²) in [5.41, 5.74) is -0.630. The van der Waals surface area contributed by atoms with Crippen LogP contribution in [0.4, 0.5) is 0 Å². The number of carbonyl (C=O) groups is 1. The van der Waals surface area contributed by atoms with E-state index in [9.17, 15) is 4.79 Å². The normalized spacial score (nSPS) is 10.5. The lowest BCUT2D eigenvalue weighted by Crippen LogP contribution is -2.42. The molecule has 0 bridgehead atoms. The van der Waals surface area contributed by atoms with Crippen molar-refractivity contribution in [2.24, 2.45) is 0 Å². The van der Waals surface area contributed by atoms with Crippen LogP contribution < -0.4 is 5.32 Å². The molecule has 6 heteroatoms. The largest absolute Gasteiger partial charge is 0.333 e. The Morgan fingerprint density at radius 1 is 1.77 bits per heavy atom. The Morgan fingerprint density at radius 2 is 2.46 bits per heavy atom. The fourth-order valence-electron chi connectivity index (χ4n) is 0.639. The van der Waals surface area contributed by atoms with Crippen molar-refractivity contribution in [1.29, 1.82) is 5.26 Å². The van der Waals surface area contributed by atoms with Gasteiger partial charge < -0.3 is 5.32 Å². The van der Waals surface area contributed by atoms with Crippen molar-refractivity contribution in [2.75, 3.05) is 0 Å². The molecule has 1 N–H and O–H groups in total. The summed E-state index contributed by atoms with van der Waals surface area (Å²) in [4.78, 5) is 11.3. The highest BCUT2D eigenvalue weighted by Gasteiger charge is 2.21. The molecule has 68 valence electrons. The predicted molar refractivity (Wildman–Crippen MR) is 47.1 cm³/mol. The number of nitrogens with zero attached hydrogens (tertiary/aromatic N) is 3. The second kappa shape index (κ2) is 3.49. The zero-order valence-electron chi connectivity index (χ0n) is 7.24. The molecule has 0 aliphatic carbocycles. The highest BCUT2D eigenvalue weighted by atomic mass is 32.1. The molecular formula is C7H8N4OS. The van der Waals surface area contributed by atoms with Gasteiger partial charge in [-0.15, -0.1) is 5.10 Å². The van der Waals surface area contributed by atoms with Crippen molar-refractivity contribution in [2.45, 2.75) is 19.4 Å². The van der Waals surface area contributed by atoms with Crippen LogP contribution in [0.1, 0.15) is 24.3 Å². The number of hydrogen-bond donors (Lipinski definition) is 1. The number of hydrogen-bond acceptors (Lipinski definition) is 5. The fraction of sp³-hybridized carbons (Fsp3) is 0.429. The molecule has 0 saturated heterocycles. The van der Waals surface area contributed by atoms with Crippen molar-refractivity contribution in [3.63, 3.8) is 0 Å². The maximum atomic E-state index is 11.3. The monoisotopic (exact) mass is 196 g/mol. The second-order valence-electron chi connectivity index (χ2n) is 2.98. The van der Waals surface area contributed by atoms with Crippen molar-refractivity contribution in [1.82, 2.24) is 14.9 Å². The summed E-state index contributed by atoms with van der Waals surface area (Å²) in [5, 5.41) is 16.3. The van der Waals surface area contributed by atoms with Gasteiger partial charge in [0.05, 0.1) is 6.07 Å². The number of nitrogens with one attached hydrogen (secondary N) is 1. The average Bonchev–Trinajstić information content (AvgIpc) is 2.55. The molecule has 0 aliphatic heterocycles. The summed E-state index contributed by atoms with van der Waals surface area (Å²) in [6.07, 6.45) is 0. The first-order chi connectivity index (χ1) is 6.05. The molecular weight excluding hydrogens is 188 g/mol. The van der Waals surface area contributed by atoms with E-state index in [-0.39, 0.29) is 11.6 Å². The average molecular weight is 196 g/mol. The highest BCUT2D eigenvalue weighted by Crippen LogP contribution is 2.03. The Balaban J connectivity index is 2.68. The number of aromatic nitrogens is 2. The van der Waals surface area contributed by atoms with Gasteiger partial charge in [0, 0.05) is 5.38 Å². The Morgan fingerprint density at radius 3 is 2.92 bits per heavy atom. The molecule has 1 heterocycles. The lowest BCUT2D eigenvalue weighted by atomic mass is 10.1. The van der Waals surface area contributed by atoms with Crippen molar-refractivity contribution in [3.8, 4) is 6.07 Å². The Bertz CT molecular complexity index is 338. The van der Waals surface area contributed by atoms with E-state index in [1.165, 1.54) is 5.38 Å². The van der Waals surface area contributed by atoms with Gasteiger partial charge in [0.1, 0.15) is 5.54 Å². The highest BCUT2D eigenvalue weighted by molar-refractivity contribution is 7.03. The van der Waals surface area contributed by atoms with E-state index in [1.54, 1.807) is 13.8 Å². The van der Waals surface area contributed by atoms with E-state index in [4.69, 9.17) is 5.26 Å². The molecule has 1 aromatic heterocycles. The molecule has 0 aliphatic rings. The predicted octanol–water partition coefficient (Wildman–Crippen LogP) is 0.570. The topological polar surface area (TPSA) is 78.7 Å². The standard InChI is InChI=1S/C7H8N4OS/c1-7(2,4-8)9-6(12)5-3-13-11-10-5/h3H,1-2H3,(H,9,12). The third kappa shape index (κ3) is 2.49. The van der Waals surface area contributed by atoms with Gasteiger partial charge in [-0.1, -0.05) is 4.49 Å². The van der Waals surface area contributed by atoms with Gasteiger partial charge in [-0.2, -0.15) is 5.26 Å². The van der Waals surface area contributed by atoms with Gasteiger partial charge in [0.2, 0.25) is 0 Å². The number of nitriles is 1. The van der Waals surface area contributed by atoms with Gasteiger partial charge in [-0.05, 0) is 25.4 Å².